The molecule has 3 atom stereocenters. The van der Waals surface area contributed by atoms with Crippen LogP contribution in [-0.4, -0.2) is 11.2 Å². The summed E-state index contributed by atoms with van der Waals surface area (Å²) in [5.41, 5.74) is 0.584. The van der Waals surface area contributed by atoms with Crippen LogP contribution >= 0.6 is 0 Å². The minimum Gasteiger partial charge on any atom is -0.487 e. The number of benzene rings is 1. The lowest BCUT2D eigenvalue weighted by Crippen LogP contribution is -2.30. The summed E-state index contributed by atoms with van der Waals surface area (Å²) >= 11 is 0. The first-order valence-corrected chi connectivity index (χ1v) is 7.26. The Hall–Kier alpha value is -1.09. The maximum Gasteiger partial charge on any atom is 0.165 e. The zero-order chi connectivity index (χ0) is 13.8. The van der Waals surface area contributed by atoms with Gasteiger partial charge in [0.1, 0.15) is 6.10 Å². The maximum absolute atomic E-state index is 14.0. The highest BCUT2D eigenvalue weighted by Gasteiger charge is 2.26. The molecule has 1 aliphatic rings. The first-order chi connectivity index (χ1) is 9.11. The van der Waals surface area contributed by atoms with Gasteiger partial charge in [0.05, 0.1) is 6.10 Å². The van der Waals surface area contributed by atoms with E-state index >= 15 is 0 Å². The molecule has 0 amide bonds. The van der Waals surface area contributed by atoms with Gasteiger partial charge in [-0.25, -0.2) is 4.39 Å². The van der Waals surface area contributed by atoms with Crippen molar-refractivity contribution in [1.82, 2.24) is 0 Å². The first kappa shape index (κ1) is 14.3. The Morgan fingerprint density at radius 2 is 2.11 bits per heavy atom. The van der Waals surface area contributed by atoms with Gasteiger partial charge in [0, 0.05) is 0 Å². The molecule has 1 saturated carbocycles. The molecule has 0 saturated heterocycles. The molecular weight excluding hydrogens is 243 g/mol. The van der Waals surface area contributed by atoms with Crippen LogP contribution in [0.4, 0.5) is 4.39 Å². The Labute approximate surface area is 114 Å². The van der Waals surface area contributed by atoms with Crippen LogP contribution in [0, 0.1) is 11.7 Å². The second kappa shape index (κ2) is 6.38. The topological polar surface area (TPSA) is 29.5 Å². The predicted octanol–water partition coefficient (Wildman–Crippen LogP) is 4.23. The van der Waals surface area contributed by atoms with E-state index in [0.29, 0.717) is 17.2 Å². The van der Waals surface area contributed by atoms with Crippen LogP contribution < -0.4 is 4.74 Å². The Balaban J connectivity index is 2.09. The predicted molar refractivity (Wildman–Crippen MR) is 73.7 cm³/mol. The fraction of sp³-hybridized carbons (Fsp3) is 0.625. The minimum absolute atomic E-state index is 0.130. The van der Waals surface area contributed by atoms with Gasteiger partial charge in [-0.15, -0.1) is 0 Å². The van der Waals surface area contributed by atoms with Crippen molar-refractivity contribution in [3.8, 4) is 5.75 Å². The number of ether oxygens (including phenoxy) is 1. The van der Waals surface area contributed by atoms with Gasteiger partial charge in [-0.3, -0.25) is 0 Å². The van der Waals surface area contributed by atoms with Crippen molar-refractivity contribution < 1.29 is 14.2 Å². The van der Waals surface area contributed by atoms with Crippen molar-refractivity contribution >= 4 is 0 Å². The number of hydrogen-bond acceptors (Lipinski definition) is 2. The van der Waals surface area contributed by atoms with E-state index in [-0.39, 0.29) is 11.9 Å². The van der Waals surface area contributed by atoms with Crippen molar-refractivity contribution in [2.75, 3.05) is 0 Å². The van der Waals surface area contributed by atoms with E-state index in [1.54, 1.807) is 19.1 Å². The highest BCUT2D eigenvalue weighted by Crippen LogP contribution is 2.32. The molecule has 0 aliphatic heterocycles. The smallest absolute Gasteiger partial charge is 0.165 e. The number of rotatable bonds is 4. The van der Waals surface area contributed by atoms with Gasteiger partial charge in [-0.05, 0) is 56.2 Å². The molecule has 3 unspecified atom stereocenters. The number of hydrogen-bond donors (Lipinski definition) is 1. The maximum atomic E-state index is 14.0. The van der Waals surface area contributed by atoms with E-state index in [1.807, 2.05) is 0 Å². The van der Waals surface area contributed by atoms with E-state index < -0.39 is 6.10 Å². The van der Waals surface area contributed by atoms with Crippen LogP contribution in [0.15, 0.2) is 18.2 Å². The molecule has 0 spiro atoms. The van der Waals surface area contributed by atoms with Crippen LogP contribution in [0.1, 0.15) is 57.6 Å². The fourth-order valence-corrected chi connectivity index (χ4v) is 2.83. The molecule has 1 aromatic carbocycles. The molecule has 1 N–H and O–H groups in total. The van der Waals surface area contributed by atoms with Gasteiger partial charge in [0.15, 0.2) is 11.6 Å². The third-order valence-corrected chi connectivity index (χ3v) is 4.08. The monoisotopic (exact) mass is 266 g/mol. The molecule has 106 valence electrons. The third kappa shape index (κ3) is 3.47. The number of aliphatic hydroxyl groups excluding tert-OH is 1. The minimum atomic E-state index is -0.651. The lowest BCUT2D eigenvalue weighted by Gasteiger charge is -2.31. The average molecular weight is 266 g/mol. The van der Waals surface area contributed by atoms with Crippen LogP contribution in [0.2, 0.25) is 0 Å². The Morgan fingerprint density at radius 1 is 1.37 bits per heavy atom. The number of aliphatic hydroxyl groups is 1. The van der Waals surface area contributed by atoms with E-state index in [0.717, 1.165) is 19.3 Å². The SMILES string of the molecule is CCC1CCCCC1Oc1ccc(C(C)O)cc1F. The molecule has 0 heterocycles. The van der Waals surface area contributed by atoms with Crippen molar-refractivity contribution in [1.29, 1.82) is 0 Å². The normalized spacial score (nSPS) is 25.1. The molecular formula is C16H23FO2. The van der Waals surface area contributed by atoms with Gasteiger partial charge in [-0.1, -0.05) is 19.4 Å². The third-order valence-electron chi connectivity index (χ3n) is 4.08. The summed E-state index contributed by atoms with van der Waals surface area (Å²) < 4.78 is 19.8. The van der Waals surface area contributed by atoms with Crippen molar-refractivity contribution in [2.24, 2.45) is 5.92 Å². The molecule has 1 aliphatic carbocycles. The lowest BCUT2D eigenvalue weighted by molar-refractivity contribution is 0.0861. The van der Waals surface area contributed by atoms with Gasteiger partial charge in [0.25, 0.3) is 0 Å². The summed E-state index contributed by atoms with van der Waals surface area (Å²) in [7, 11) is 0. The van der Waals surface area contributed by atoms with Crippen LogP contribution in [-0.2, 0) is 0 Å². The standard InChI is InChI=1S/C16H23FO2/c1-3-12-6-4-5-7-15(12)19-16-9-8-13(11(2)18)10-14(16)17/h8-12,15,18H,3-7H2,1-2H3. The van der Waals surface area contributed by atoms with Gasteiger partial charge in [-0.2, -0.15) is 0 Å². The Kier molecular flexibility index (Phi) is 4.81. The summed E-state index contributed by atoms with van der Waals surface area (Å²) in [6.45, 7) is 3.79. The van der Waals surface area contributed by atoms with Gasteiger partial charge in [0.2, 0.25) is 0 Å². The van der Waals surface area contributed by atoms with E-state index in [4.69, 9.17) is 4.74 Å². The van der Waals surface area contributed by atoms with Crippen molar-refractivity contribution in [2.45, 2.75) is 58.2 Å². The highest BCUT2D eigenvalue weighted by atomic mass is 19.1. The molecule has 0 radical (unpaired) electrons. The Bertz CT molecular complexity index is 417. The average Bonchev–Trinajstić information content (AvgIpc) is 2.41. The first-order valence-electron chi connectivity index (χ1n) is 7.26. The number of halogens is 1. The van der Waals surface area contributed by atoms with E-state index in [1.165, 1.54) is 18.9 Å². The summed E-state index contributed by atoms with van der Waals surface area (Å²) in [6, 6.07) is 4.73. The molecule has 19 heavy (non-hydrogen) atoms. The van der Waals surface area contributed by atoms with Crippen LogP contribution in [0.5, 0.6) is 5.75 Å². The second-order valence-electron chi connectivity index (χ2n) is 5.47. The molecule has 1 fully saturated rings. The van der Waals surface area contributed by atoms with Gasteiger partial charge >= 0.3 is 0 Å². The zero-order valence-corrected chi connectivity index (χ0v) is 11.7. The largest absolute Gasteiger partial charge is 0.487 e. The second-order valence-corrected chi connectivity index (χ2v) is 5.47. The van der Waals surface area contributed by atoms with Crippen molar-refractivity contribution in [3.63, 3.8) is 0 Å². The molecule has 0 bridgehead atoms. The highest BCUT2D eigenvalue weighted by molar-refractivity contribution is 5.30. The summed E-state index contributed by atoms with van der Waals surface area (Å²) in [5.74, 6) is 0.471. The summed E-state index contributed by atoms with van der Waals surface area (Å²) in [4.78, 5) is 0. The fourth-order valence-electron chi connectivity index (χ4n) is 2.83. The molecule has 2 nitrogen and oxygen atoms in total. The zero-order valence-electron chi connectivity index (χ0n) is 11.7. The molecule has 2 rings (SSSR count). The summed E-state index contributed by atoms with van der Waals surface area (Å²) in [6.07, 6.45) is 5.16. The van der Waals surface area contributed by atoms with E-state index in [2.05, 4.69) is 6.92 Å². The van der Waals surface area contributed by atoms with Crippen LogP contribution in [0.3, 0.4) is 0 Å². The Morgan fingerprint density at radius 3 is 2.74 bits per heavy atom. The quantitative estimate of drug-likeness (QED) is 0.883. The van der Waals surface area contributed by atoms with E-state index in [9.17, 15) is 9.50 Å². The lowest BCUT2D eigenvalue weighted by atomic mass is 9.85. The molecule has 3 heteroatoms. The molecule has 0 aromatic heterocycles. The van der Waals surface area contributed by atoms with Crippen molar-refractivity contribution in [3.05, 3.63) is 29.6 Å². The van der Waals surface area contributed by atoms with Crippen LogP contribution in [0.25, 0.3) is 0 Å². The molecule has 1 aromatic rings. The van der Waals surface area contributed by atoms with Gasteiger partial charge < -0.3 is 9.84 Å². The summed E-state index contributed by atoms with van der Waals surface area (Å²) in [5, 5.41) is 9.43.